The van der Waals surface area contributed by atoms with Crippen LogP contribution in [0.25, 0.3) is 0 Å². The van der Waals surface area contributed by atoms with Crippen molar-refractivity contribution in [1.82, 2.24) is 10.2 Å². The van der Waals surface area contributed by atoms with Crippen molar-refractivity contribution >= 4 is 5.91 Å². The fraction of sp³-hybridized carbons (Fsp3) is 0.467. The molecular weight excluding hydrogens is 238 g/mol. The molecule has 4 heteroatoms. The van der Waals surface area contributed by atoms with Crippen LogP contribution in [0.4, 0.5) is 0 Å². The highest BCUT2D eigenvalue weighted by molar-refractivity contribution is 5.94. The number of carbonyl (C=O) groups excluding carboxylic acids is 1. The molecule has 2 fully saturated rings. The highest BCUT2D eigenvalue weighted by atomic mass is 16.1. The van der Waals surface area contributed by atoms with Gasteiger partial charge in [0.05, 0.1) is 11.6 Å². The lowest BCUT2D eigenvalue weighted by atomic mass is 10.1. The molecule has 1 atom stereocenters. The van der Waals surface area contributed by atoms with Gasteiger partial charge in [-0.1, -0.05) is 6.07 Å². The minimum Gasteiger partial charge on any atom is -0.348 e. The molecule has 1 amide bonds. The lowest BCUT2D eigenvalue weighted by molar-refractivity contribution is 0.0937. The van der Waals surface area contributed by atoms with Crippen molar-refractivity contribution in [1.29, 1.82) is 5.26 Å². The Hall–Kier alpha value is -1.86. The number of amides is 1. The summed E-state index contributed by atoms with van der Waals surface area (Å²) in [5, 5.41) is 11.9. The van der Waals surface area contributed by atoms with E-state index in [0.717, 1.165) is 25.6 Å². The van der Waals surface area contributed by atoms with Crippen LogP contribution in [0.2, 0.25) is 0 Å². The highest BCUT2D eigenvalue weighted by Gasteiger charge is 2.34. The van der Waals surface area contributed by atoms with Gasteiger partial charge in [-0.3, -0.25) is 9.69 Å². The Labute approximate surface area is 113 Å². The summed E-state index contributed by atoms with van der Waals surface area (Å²) in [6.45, 7) is 2.06. The third-order valence-corrected chi connectivity index (χ3v) is 3.87. The van der Waals surface area contributed by atoms with Gasteiger partial charge in [0, 0.05) is 30.7 Å². The normalized spacial score (nSPS) is 23.0. The predicted molar refractivity (Wildman–Crippen MR) is 71.6 cm³/mol. The van der Waals surface area contributed by atoms with E-state index in [1.165, 1.54) is 12.8 Å². The molecule has 1 aliphatic carbocycles. The van der Waals surface area contributed by atoms with Crippen LogP contribution in [0.1, 0.15) is 35.2 Å². The summed E-state index contributed by atoms with van der Waals surface area (Å²) in [5.41, 5.74) is 1.10. The quantitative estimate of drug-likeness (QED) is 0.891. The van der Waals surface area contributed by atoms with E-state index >= 15 is 0 Å². The third-order valence-electron chi connectivity index (χ3n) is 3.87. The van der Waals surface area contributed by atoms with Gasteiger partial charge in [0.2, 0.25) is 0 Å². The number of carbonyl (C=O) groups is 1. The minimum absolute atomic E-state index is 0.0697. The highest BCUT2D eigenvalue weighted by Crippen LogP contribution is 2.29. The van der Waals surface area contributed by atoms with Gasteiger partial charge >= 0.3 is 0 Å². The van der Waals surface area contributed by atoms with Gasteiger partial charge in [0.25, 0.3) is 5.91 Å². The zero-order chi connectivity index (χ0) is 13.2. The molecule has 2 aliphatic rings. The van der Waals surface area contributed by atoms with Gasteiger partial charge in [-0.15, -0.1) is 0 Å². The van der Waals surface area contributed by atoms with Crippen molar-refractivity contribution in [2.45, 2.75) is 31.3 Å². The maximum Gasteiger partial charge on any atom is 0.251 e. The smallest absolute Gasteiger partial charge is 0.251 e. The van der Waals surface area contributed by atoms with Crippen molar-refractivity contribution in [2.75, 3.05) is 13.1 Å². The molecule has 1 heterocycles. The average Bonchev–Trinajstić information content (AvgIpc) is 3.19. The molecular formula is C15H17N3O. The van der Waals surface area contributed by atoms with Crippen LogP contribution in [0.5, 0.6) is 0 Å². The number of nitrogens with zero attached hydrogens (tertiary/aromatic N) is 2. The van der Waals surface area contributed by atoms with Crippen molar-refractivity contribution in [3.63, 3.8) is 0 Å². The van der Waals surface area contributed by atoms with Crippen molar-refractivity contribution < 1.29 is 4.79 Å². The molecule has 1 aromatic carbocycles. The molecule has 0 spiro atoms. The molecule has 0 bridgehead atoms. The molecule has 98 valence electrons. The van der Waals surface area contributed by atoms with Crippen LogP contribution in [0.15, 0.2) is 24.3 Å². The molecule has 0 radical (unpaired) electrons. The SMILES string of the molecule is N#Cc1cccc(C(=O)NC2CCN(C3CC3)C2)c1. The van der Waals surface area contributed by atoms with E-state index < -0.39 is 0 Å². The van der Waals surface area contributed by atoms with Crippen LogP contribution >= 0.6 is 0 Å². The molecule has 1 saturated heterocycles. The molecule has 0 aromatic heterocycles. The standard InChI is InChI=1S/C15H17N3O/c16-9-11-2-1-3-12(8-11)15(19)17-13-6-7-18(10-13)14-4-5-14/h1-3,8,13-14H,4-7,10H2,(H,17,19). The Morgan fingerprint density at radius 1 is 1.37 bits per heavy atom. The second kappa shape index (κ2) is 5.02. The van der Waals surface area contributed by atoms with Gasteiger partial charge in [0.15, 0.2) is 0 Å². The van der Waals surface area contributed by atoms with Crippen LogP contribution in [-0.2, 0) is 0 Å². The fourth-order valence-corrected chi connectivity index (χ4v) is 2.68. The number of nitriles is 1. The molecule has 3 rings (SSSR count). The summed E-state index contributed by atoms with van der Waals surface area (Å²) >= 11 is 0. The number of benzene rings is 1. The van der Waals surface area contributed by atoms with Gasteiger partial charge in [0.1, 0.15) is 0 Å². The van der Waals surface area contributed by atoms with Gasteiger partial charge in [-0.05, 0) is 37.5 Å². The number of likely N-dealkylation sites (tertiary alicyclic amines) is 1. The van der Waals surface area contributed by atoms with Gasteiger partial charge < -0.3 is 5.32 Å². The number of nitrogens with one attached hydrogen (secondary N) is 1. The molecule has 4 nitrogen and oxygen atoms in total. The second-order valence-corrected chi connectivity index (χ2v) is 5.38. The first kappa shape index (κ1) is 12.2. The average molecular weight is 255 g/mol. The molecule has 1 aromatic rings. The Bertz CT molecular complexity index is 530. The second-order valence-electron chi connectivity index (χ2n) is 5.38. The van der Waals surface area contributed by atoms with Gasteiger partial charge in [-0.2, -0.15) is 5.26 Å². The molecule has 1 unspecified atom stereocenters. The number of hydrogen-bond donors (Lipinski definition) is 1. The van der Waals surface area contributed by atoms with Gasteiger partial charge in [-0.25, -0.2) is 0 Å². The maximum absolute atomic E-state index is 12.1. The molecule has 19 heavy (non-hydrogen) atoms. The van der Waals surface area contributed by atoms with Crippen LogP contribution in [0.3, 0.4) is 0 Å². The molecule has 1 saturated carbocycles. The summed E-state index contributed by atoms with van der Waals surface area (Å²) in [5.74, 6) is -0.0697. The molecule has 1 N–H and O–H groups in total. The summed E-state index contributed by atoms with van der Waals surface area (Å²) < 4.78 is 0. The van der Waals surface area contributed by atoms with E-state index in [9.17, 15) is 4.79 Å². The van der Waals surface area contributed by atoms with E-state index in [-0.39, 0.29) is 11.9 Å². The van der Waals surface area contributed by atoms with E-state index in [1.54, 1.807) is 24.3 Å². The zero-order valence-electron chi connectivity index (χ0n) is 10.8. The fourth-order valence-electron chi connectivity index (χ4n) is 2.68. The monoisotopic (exact) mass is 255 g/mol. The van der Waals surface area contributed by atoms with E-state index in [2.05, 4.69) is 16.3 Å². The van der Waals surface area contributed by atoms with E-state index in [0.29, 0.717) is 11.1 Å². The Morgan fingerprint density at radius 3 is 2.95 bits per heavy atom. The zero-order valence-corrected chi connectivity index (χ0v) is 10.8. The lowest BCUT2D eigenvalue weighted by Crippen LogP contribution is -2.37. The predicted octanol–water partition coefficient (Wildman–Crippen LogP) is 1.52. The van der Waals surface area contributed by atoms with Crippen LogP contribution in [0, 0.1) is 11.3 Å². The summed E-state index contributed by atoms with van der Waals surface area (Å²) in [7, 11) is 0. The topological polar surface area (TPSA) is 56.1 Å². The number of rotatable bonds is 3. The van der Waals surface area contributed by atoms with Crippen molar-refractivity contribution in [2.24, 2.45) is 0 Å². The first-order valence-corrected chi connectivity index (χ1v) is 6.81. The summed E-state index contributed by atoms with van der Waals surface area (Å²) in [6, 6.07) is 9.93. The van der Waals surface area contributed by atoms with Crippen LogP contribution < -0.4 is 5.32 Å². The Kier molecular flexibility index (Phi) is 3.22. The number of hydrogen-bond acceptors (Lipinski definition) is 3. The van der Waals surface area contributed by atoms with Crippen LogP contribution in [-0.4, -0.2) is 36.0 Å². The first-order valence-electron chi connectivity index (χ1n) is 6.81. The maximum atomic E-state index is 12.1. The Morgan fingerprint density at radius 2 is 2.21 bits per heavy atom. The molecule has 1 aliphatic heterocycles. The van der Waals surface area contributed by atoms with E-state index in [1.807, 2.05) is 0 Å². The minimum atomic E-state index is -0.0697. The largest absolute Gasteiger partial charge is 0.348 e. The van der Waals surface area contributed by atoms with Crippen molar-refractivity contribution in [3.05, 3.63) is 35.4 Å². The Balaban J connectivity index is 1.60. The summed E-state index contributed by atoms with van der Waals surface area (Å²) in [4.78, 5) is 14.6. The third kappa shape index (κ3) is 2.77. The lowest BCUT2D eigenvalue weighted by Gasteiger charge is -2.15. The first-order chi connectivity index (χ1) is 9.26. The summed E-state index contributed by atoms with van der Waals surface area (Å²) in [6.07, 6.45) is 3.65. The van der Waals surface area contributed by atoms with E-state index in [4.69, 9.17) is 5.26 Å². The van der Waals surface area contributed by atoms with Crippen molar-refractivity contribution in [3.8, 4) is 6.07 Å².